The summed E-state index contributed by atoms with van der Waals surface area (Å²) in [6.07, 6.45) is 4.75. The van der Waals surface area contributed by atoms with Crippen LogP contribution in [0.4, 0.5) is 5.69 Å². The number of unbranched alkanes of at least 4 members (excludes halogenated alkanes) is 3. The van der Waals surface area contributed by atoms with Gasteiger partial charge in [0.05, 0.1) is 29.3 Å². The Bertz CT molecular complexity index is 1300. The van der Waals surface area contributed by atoms with Crippen molar-refractivity contribution in [1.82, 2.24) is 0 Å². The number of esters is 2. The van der Waals surface area contributed by atoms with Crippen LogP contribution < -0.4 is 0 Å². The summed E-state index contributed by atoms with van der Waals surface area (Å²) in [5, 5.41) is 10.9. The van der Waals surface area contributed by atoms with Gasteiger partial charge in [0.1, 0.15) is 12.4 Å². The lowest BCUT2D eigenvalue weighted by Crippen LogP contribution is -2.30. The molecule has 3 aromatic carbocycles. The zero-order valence-corrected chi connectivity index (χ0v) is 22.0. The van der Waals surface area contributed by atoms with E-state index in [9.17, 15) is 19.7 Å². The first kappa shape index (κ1) is 28.5. The Kier molecular flexibility index (Phi) is 10.4. The van der Waals surface area contributed by atoms with E-state index in [2.05, 4.69) is 0 Å². The van der Waals surface area contributed by atoms with Crippen molar-refractivity contribution in [2.45, 2.75) is 31.8 Å². The Morgan fingerprint density at radius 2 is 1.50 bits per heavy atom. The van der Waals surface area contributed by atoms with Gasteiger partial charge in [-0.3, -0.25) is 10.1 Å². The predicted octanol–water partition coefficient (Wildman–Crippen LogP) is 6.08. The number of rotatable bonds is 13. The normalized spacial score (nSPS) is 15.3. The molecule has 2 bridgehead atoms. The second-order valence-electron chi connectivity index (χ2n) is 9.26. The molecule has 0 aromatic heterocycles. The van der Waals surface area contributed by atoms with Gasteiger partial charge in [0.2, 0.25) is 0 Å². The van der Waals surface area contributed by atoms with Crippen molar-refractivity contribution in [3.8, 4) is 0 Å². The molecule has 2 aliphatic heterocycles. The number of hydrogen-bond donors (Lipinski definition) is 0. The van der Waals surface area contributed by atoms with Gasteiger partial charge in [0.25, 0.3) is 5.69 Å². The lowest BCUT2D eigenvalue weighted by atomic mass is 10.1. The minimum Gasteiger partial charge on any atom is -0.493 e. The van der Waals surface area contributed by atoms with Gasteiger partial charge >= 0.3 is 11.9 Å². The fraction of sp³-hybridized carbons (Fsp3) is 0.290. The molecule has 0 fully saturated rings. The van der Waals surface area contributed by atoms with Gasteiger partial charge in [-0.25, -0.2) is 9.59 Å². The maximum Gasteiger partial charge on any atom is 0.338 e. The van der Waals surface area contributed by atoms with Crippen molar-refractivity contribution >= 4 is 29.5 Å². The SMILES string of the molecule is O=C1OCC(COCCCCCCOC(=Cc2ccc([N+](=O)[O-])cc2)c2ccccc2)OC(=O)c2ccc1cc2. The number of nitrogens with zero attached hydrogens (tertiary/aromatic N) is 1. The van der Waals surface area contributed by atoms with Gasteiger partial charge < -0.3 is 18.9 Å². The van der Waals surface area contributed by atoms with Gasteiger partial charge in [-0.05, 0) is 67.3 Å². The van der Waals surface area contributed by atoms with Crippen LogP contribution >= 0.6 is 0 Å². The lowest BCUT2D eigenvalue weighted by Gasteiger charge is -2.19. The van der Waals surface area contributed by atoms with Crippen molar-refractivity contribution in [2.24, 2.45) is 0 Å². The Hall–Kier alpha value is -4.50. The van der Waals surface area contributed by atoms with E-state index < -0.39 is 23.0 Å². The van der Waals surface area contributed by atoms with Gasteiger partial charge in [0, 0.05) is 24.3 Å². The Labute approximate surface area is 232 Å². The molecule has 0 radical (unpaired) electrons. The molecule has 1 unspecified atom stereocenters. The van der Waals surface area contributed by atoms with Crippen molar-refractivity contribution in [3.63, 3.8) is 0 Å². The van der Waals surface area contributed by atoms with Gasteiger partial charge in [-0.2, -0.15) is 0 Å². The third-order valence-corrected chi connectivity index (χ3v) is 6.23. The number of fused-ring (bicyclic) bond motifs is 7. The molecule has 0 aliphatic carbocycles. The van der Waals surface area contributed by atoms with Crippen LogP contribution in [0.15, 0.2) is 78.9 Å². The standard InChI is InChI=1S/C31H31NO8/c33-30-25-12-14-26(15-13-25)31(34)40-28(22-39-30)21-37-18-6-1-2-7-19-38-29(24-8-4-3-5-9-24)20-23-10-16-27(17-11-23)32(35)36/h3-5,8-17,20,28H,1-2,6-7,18-19,21-22H2. The van der Waals surface area contributed by atoms with Crippen molar-refractivity contribution < 1.29 is 33.5 Å². The van der Waals surface area contributed by atoms with E-state index in [1.165, 1.54) is 12.1 Å². The molecule has 0 N–H and O–H groups in total. The summed E-state index contributed by atoms with van der Waals surface area (Å²) in [5.41, 5.74) is 2.56. The fourth-order valence-electron chi connectivity index (χ4n) is 4.04. The summed E-state index contributed by atoms with van der Waals surface area (Å²) in [6.45, 7) is 1.11. The van der Waals surface area contributed by atoms with E-state index in [0.29, 0.717) is 30.1 Å². The smallest absolute Gasteiger partial charge is 0.338 e. The van der Waals surface area contributed by atoms with Gasteiger partial charge in [0.15, 0.2) is 6.10 Å². The topological polar surface area (TPSA) is 114 Å². The second kappa shape index (κ2) is 14.6. The third-order valence-electron chi connectivity index (χ3n) is 6.23. The zero-order chi connectivity index (χ0) is 28.2. The summed E-state index contributed by atoms with van der Waals surface area (Å²) in [6, 6.07) is 22.2. The number of hydrogen-bond acceptors (Lipinski definition) is 8. The fourth-order valence-corrected chi connectivity index (χ4v) is 4.04. The number of nitro benzene ring substituents is 1. The maximum atomic E-state index is 12.3. The molecule has 9 nitrogen and oxygen atoms in total. The van der Waals surface area contributed by atoms with E-state index in [1.807, 2.05) is 36.4 Å². The molecule has 208 valence electrons. The molecule has 2 heterocycles. The van der Waals surface area contributed by atoms with Crippen LogP contribution in [0.3, 0.4) is 0 Å². The average molecular weight is 546 g/mol. The quantitative estimate of drug-likeness (QED) is 0.0634. The number of nitro groups is 1. The van der Waals surface area contributed by atoms with Crippen LogP contribution in [-0.2, 0) is 18.9 Å². The van der Waals surface area contributed by atoms with Crippen LogP contribution in [0.1, 0.15) is 57.5 Å². The lowest BCUT2D eigenvalue weighted by molar-refractivity contribution is -0.384. The summed E-state index contributed by atoms with van der Waals surface area (Å²) in [7, 11) is 0. The highest BCUT2D eigenvalue weighted by Crippen LogP contribution is 2.22. The highest BCUT2D eigenvalue weighted by atomic mass is 16.6. The molecule has 0 saturated heterocycles. The first-order valence-electron chi connectivity index (χ1n) is 13.2. The minimum atomic E-state index is -0.668. The highest BCUT2D eigenvalue weighted by Gasteiger charge is 2.21. The largest absolute Gasteiger partial charge is 0.493 e. The number of benzene rings is 3. The number of carbonyl (C=O) groups excluding carboxylic acids is 2. The molecule has 1 atom stereocenters. The summed E-state index contributed by atoms with van der Waals surface area (Å²) in [5.74, 6) is -0.236. The molecular weight excluding hydrogens is 514 g/mol. The molecule has 0 amide bonds. The zero-order valence-electron chi connectivity index (χ0n) is 22.0. The van der Waals surface area contributed by atoms with Crippen molar-refractivity contribution in [1.29, 1.82) is 0 Å². The number of ether oxygens (including phenoxy) is 4. The molecule has 0 saturated carbocycles. The Balaban J connectivity index is 1.16. The van der Waals surface area contributed by atoms with Gasteiger partial charge in [-0.1, -0.05) is 36.8 Å². The highest BCUT2D eigenvalue weighted by molar-refractivity contribution is 5.93. The maximum absolute atomic E-state index is 12.3. The van der Waals surface area contributed by atoms with Crippen LogP contribution in [-0.4, -0.2) is 49.4 Å². The average Bonchev–Trinajstić information content (AvgIpc) is 2.98. The summed E-state index contributed by atoms with van der Waals surface area (Å²) in [4.78, 5) is 34.9. The minimum absolute atomic E-state index is 0.0445. The third kappa shape index (κ3) is 8.51. The van der Waals surface area contributed by atoms with Gasteiger partial charge in [-0.15, -0.1) is 0 Å². The Morgan fingerprint density at radius 1 is 0.850 bits per heavy atom. The number of carbonyl (C=O) groups is 2. The first-order valence-corrected chi connectivity index (χ1v) is 13.2. The van der Waals surface area contributed by atoms with Crippen molar-refractivity contribution in [3.05, 3.63) is 111 Å². The summed E-state index contributed by atoms with van der Waals surface area (Å²) >= 11 is 0. The van der Waals surface area contributed by atoms with E-state index in [-0.39, 0.29) is 18.9 Å². The first-order chi connectivity index (χ1) is 19.5. The van der Waals surface area contributed by atoms with Crippen LogP contribution in [0.2, 0.25) is 0 Å². The summed E-state index contributed by atoms with van der Waals surface area (Å²) < 4.78 is 22.5. The van der Waals surface area contributed by atoms with E-state index in [1.54, 1.807) is 36.4 Å². The molecule has 40 heavy (non-hydrogen) atoms. The molecule has 0 spiro atoms. The molecule has 2 aliphatic rings. The van der Waals surface area contributed by atoms with Crippen LogP contribution in [0.5, 0.6) is 0 Å². The van der Waals surface area contributed by atoms with Crippen LogP contribution in [0.25, 0.3) is 11.8 Å². The van der Waals surface area contributed by atoms with Crippen molar-refractivity contribution in [2.75, 3.05) is 26.4 Å². The molecule has 5 rings (SSSR count). The van der Waals surface area contributed by atoms with Crippen LogP contribution in [0, 0.1) is 10.1 Å². The number of non-ortho nitro benzene ring substituents is 1. The monoisotopic (exact) mass is 545 g/mol. The molecule has 9 heteroatoms. The Morgan fingerprint density at radius 3 is 2.17 bits per heavy atom. The van der Waals surface area contributed by atoms with E-state index >= 15 is 0 Å². The predicted molar refractivity (Wildman–Crippen MR) is 149 cm³/mol. The molecular formula is C31H31NO8. The van der Waals surface area contributed by atoms with E-state index in [4.69, 9.17) is 18.9 Å². The second-order valence-corrected chi connectivity index (χ2v) is 9.26. The van der Waals surface area contributed by atoms with E-state index in [0.717, 1.165) is 36.8 Å². The molecule has 3 aromatic rings.